The molecule has 0 radical (unpaired) electrons. The second-order valence-corrected chi connectivity index (χ2v) is 7.52. The lowest BCUT2D eigenvalue weighted by atomic mass is 10.1. The zero-order valence-electron chi connectivity index (χ0n) is 15.8. The number of benzene rings is 2. The van der Waals surface area contributed by atoms with E-state index in [0.717, 1.165) is 12.6 Å². The molecule has 2 aliphatic rings. The van der Waals surface area contributed by atoms with Crippen molar-refractivity contribution in [1.29, 1.82) is 0 Å². The molecule has 0 amide bonds. The minimum absolute atomic E-state index is 0.768. The zero-order valence-corrected chi connectivity index (χ0v) is 15.8. The highest BCUT2D eigenvalue weighted by molar-refractivity contribution is 5.62. The smallest absolute Gasteiger partial charge is 0.0408 e. The summed E-state index contributed by atoms with van der Waals surface area (Å²) in [6.07, 6.45) is 1.32. The van der Waals surface area contributed by atoms with Gasteiger partial charge in [0.25, 0.3) is 0 Å². The first-order valence-electron chi connectivity index (χ1n) is 9.84. The van der Waals surface area contributed by atoms with E-state index in [4.69, 9.17) is 0 Å². The van der Waals surface area contributed by atoms with Crippen molar-refractivity contribution in [2.75, 3.05) is 51.2 Å². The lowest BCUT2D eigenvalue weighted by molar-refractivity contribution is 0.0981. The van der Waals surface area contributed by atoms with E-state index in [1.165, 1.54) is 62.6 Å². The minimum Gasteiger partial charge on any atom is -0.345 e. The number of nitrogens with one attached hydrogen (secondary N) is 1. The molecule has 2 aromatic rings. The van der Waals surface area contributed by atoms with Crippen LogP contribution in [-0.4, -0.2) is 62.2 Å². The molecule has 0 bridgehead atoms. The fourth-order valence-corrected chi connectivity index (χ4v) is 4.12. The van der Waals surface area contributed by atoms with Crippen LogP contribution in [0, 0.1) is 0 Å². The Bertz CT molecular complexity index is 671. The molecule has 0 spiro atoms. The van der Waals surface area contributed by atoms with Crippen LogP contribution in [0.1, 0.15) is 12.0 Å². The number of hydrogen-bond acceptors (Lipinski definition) is 4. The maximum Gasteiger partial charge on any atom is 0.0408 e. The second kappa shape index (κ2) is 8.21. The molecule has 26 heavy (non-hydrogen) atoms. The number of piperazine rings is 1. The van der Waals surface area contributed by atoms with Crippen LogP contribution in [0.3, 0.4) is 0 Å². The van der Waals surface area contributed by atoms with Crippen LogP contribution in [0.2, 0.25) is 0 Å². The van der Waals surface area contributed by atoms with E-state index in [1.807, 2.05) is 0 Å². The van der Waals surface area contributed by atoms with Crippen LogP contribution >= 0.6 is 0 Å². The summed E-state index contributed by atoms with van der Waals surface area (Å²) in [6.45, 7) is 8.21. The monoisotopic (exact) mass is 350 g/mol. The lowest BCUT2D eigenvalue weighted by Gasteiger charge is -2.37. The van der Waals surface area contributed by atoms with Gasteiger partial charge in [-0.05, 0) is 42.8 Å². The summed E-state index contributed by atoms with van der Waals surface area (Å²) in [5.41, 5.74) is 3.86. The topological polar surface area (TPSA) is 21.8 Å². The molecule has 0 aliphatic carbocycles. The number of para-hydroxylation sites is 1. The normalized spacial score (nSPS) is 21.8. The van der Waals surface area contributed by atoms with E-state index in [9.17, 15) is 0 Å². The van der Waals surface area contributed by atoms with Crippen LogP contribution in [0.25, 0.3) is 0 Å². The Morgan fingerprint density at radius 2 is 1.62 bits per heavy atom. The van der Waals surface area contributed by atoms with Crippen molar-refractivity contribution in [3.63, 3.8) is 0 Å². The number of anilines is 2. The Labute approximate surface area is 157 Å². The van der Waals surface area contributed by atoms with Crippen molar-refractivity contribution in [2.24, 2.45) is 0 Å². The van der Waals surface area contributed by atoms with Gasteiger partial charge in [-0.2, -0.15) is 0 Å². The van der Waals surface area contributed by atoms with E-state index < -0.39 is 0 Å². The lowest BCUT2D eigenvalue weighted by Crippen LogP contribution is -2.50. The molecule has 2 saturated heterocycles. The van der Waals surface area contributed by atoms with Crippen molar-refractivity contribution in [1.82, 2.24) is 15.1 Å². The average molecular weight is 351 g/mol. The summed E-state index contributed by atoms with van der Waals surface area (Å²) in [7, 11) is 2.13. The molecule has 4 rings (SSSR count). The van der Waals surface area contributed by atoms with Gasteiger partial charge in [0, 0.05) is 63.7 Å². The third-order valence-electron chi connectivity index (χ3n) is 5.83. The number of nitrogens with zero attached hydrogens (tertiary/aromatic N) is 3. The molecular formula is C22H30N4. The van der Waals surface area contributed by atoms with Crippen LogP contribution in [0.4, 0.5) is 11.4 Å². The highest BCUT2D eigenvalue weighted by Crippen LogP contribution is 2.24. The molecule has 138 valence electrons. The van der Waals surface area contributed by atoms with Crippen molar-refractivity contribution < 1.29 is 0 Å². The first-order valence-corrected chi connectivity index (χ1v) is 9.84. The predicted molar refractivity (Wildman–Crippen MR) is 109 cm³/mol. The maximum absolute atomic E-state index is 3.49. The fourth-order valence-electron chi connectivity index (χ4n) is 4.12. The molecule has 1 atom stereocenters. The van der Waals surface area contributed by atoms with E-state index in [-0.39, 0.29) is 0 Å². The van der Waals surface area contributed by atoms with Crippen molar-refractivity contribution in [2.45, 2.75) is 19.0 Å². The predicted octanol–water partition coefficient (Wildman–Crippen LogP) is 2.93. The van der Waals surface area contributed by atoms with Gasteiger partial charge >= 0.3 is 0 Å². The third kappa shape index (κ3) is 4.09. The molecule has 0 aromatic heterocycles. The molecule has 2 heterocycles. The summed E-state index contributed by atoms with van der Waals surface area (Å²) in [5.74, 6) is 0. The minimum atomic E-state index is 0.768. The van der Waals surface area contributed by atoms with Crippen molar-refractivity contribution >= 4 is 11.4 Å². The van der Waals surface area contributed by atoms with E-state index in [1.54, 1.807) is 0 Å². The molecule has 0 saturated carbocycles. The molecule has 4 heteroatoms. The molecule has 4 nitrogen and oxygen atoms in total. The Morgan fingerprint density at radius 3 is 2.27 bits per heavy atom. The van der Waals surface area contributed by atoms with Gasteiger partial charge in [0.15, 0.2) is 0 Å². The van der Waals surface area contributed by atoms with Gasteiger partial charge in [0.2, 0.25) is 0 Å². The molecule has 2 fully saturated rings. The summed E-state index contributed by atoms with van der Waals surface area (Å²) in [5, 5.41) is 3.49. The summed E-state index contributed by atoms with van der Waals surface area (Å²) >= 11 is 0. The van der Waals surface area contributed by atoms with Gasteiger partial charge in [-0.3, -0.25) is 9.80 Å². The average Bonchev–Trinajstić information content (AvgIpc) is 3.24. The van der Waals surface area contributed by atoms with Crippen molar-refractivity contribution in [3.05, 3.63) is 60.2 Å². The number of hydrogen-bond donors (Lipinski definition) is 1. The maximum atomic E-state index is 3.49. The summed E-state index contributed by atoms with van der Waals surface area (Å²) in [6, 6.07) is 20.3. The summed E-state index contributed by atoms with van der Waals surface area (Å²) < 4.78 is 0. The van der Waals surface area contributed by atoms with Gasteiger partial charge in [-0.1, -0.05) is 30.3 Å². The quantitative estimate of drug-likeness (QED) is 0.895. The Hall–Kier alpha value is -1.88. The second-order valence-electron chi connectivity index (χ2n) is 7.52. The molecule has 2 aliphatic heterocycles. The van der Waals surface area contributed by atoms with Crippen LogP contribution in [0.5, 0.6) is 0 Å². The molecular weight excluding hydrogens is 320 g/mol. The van der Waals surface area contributed by atoms with Crippen molar-refractivity contribution in [3.8, 4) is 0 Å². The SMILES string of the molecule is CN(c1ccccc1)c1ccc(CN2CCN([C@@H]3CCNC3)CC2)cc1. The van der Waals surface area contributed by atoms with Gasteiger partial charge < -0.3 is 10.2 Å². The highest BCUT2D eigenvalue weighted by Gasteiger charge is 2.25. The van der Waals surface area contributed by atoms with Crippen LogP contribution < -0.4 is 10.2 Å². The first kappa shape index (κ1) is 17.5. The fraction of sp³-hybridized carbons (Fsp3) is 0.455. The van der Waals surface area contributed by atoms with E-state index >= 15 is 0 Å². The largest absolute Gasteiger partial charge is 0.345 e. The van der Waals surface area contributed by atoms with E-state index in [0.29, 0.717) is 0 Å². The van der Waals surface area contributed by atoms with Gasteiger partial charge in [0.1, 0.15) is 0 Å². The Morgan fingerprint density at radius 1 is 0.923 bits per heavy atom. The molecule has 2 aromatic carbocycles. The number of rotatable bonds is 5. The Kier molecular flexibility index (Phi) is 5.54. The molecule has 0 unspecified atom stereocenters. The van der Waals surface area contributed by atoms with Gasteiger partial charge in [-0.25, -0.2) is 0 Å². The summed E-state index contributed by atoms with van der Waals surface area (Å²) in [4.78, 5) is 7.50. The third-order valence-corrected chi connectivity index (χ3v) is 5.83. The zero-order chi connectivity index (χ0) is 17.8. The van der Waals surface area contributed by atoms with E-state index in [2.05, 4.69) is 81.7 Å². The van der Waals surface area contributed by atoms with Crippen LogP contribution in [0.15, 0.2) is 54.6 Å². The standard InChI is InChI=1S/C22H30N4/c1-24(20-5-3-2-4-6-20)21-9-7-19(8-10-21)18-25-13-15-26(16-14-25)22-11-12-23-17-22/h2-10,22-23H,11-18H2,1H3/t22-/m1/s1. The Balaban J connectivity index is 1.30. The first-order chi connectivity index (χ1) is 12.8. The molecule has 1 N–H and O–H groups in total. The van der Waals surface area contributed by atoms with Crippen LogP contribution in [-0.2, 0) is 6.54 Å². The van der Waals surface area contributed by atoms with Gasteiger partial charge in [-0.15, -0.1) is 0 Å². The highest BCUT2D eigenvalue weighted by atomic mass is 15.3. The van der Waals surface area contributed by atoms with Gasteiger partial charge in [0.05, 0.1) is 0 Å².